The Bertz CT molecular complexity index is 816. The van der Waals surface area contributed by atoms with E-state index in [1.165, 1.54) is 24.3 Å². The molecule has 0 bridgehead atoms. The van der Waals surface area contributed by atoms with Crippen LogP contribution in [0.1, 0.15) is 22.8 Å². The third-order valence-corrected chi connectivity index (χ3v) is 5.03. The van der Waals surface area contributed by atoms with Gasteiger partial charge in [0.05, 0.1) is 24.2 Å². The van der Waals surface area contributed by atoms with E-state index in [0.717, 1.165) is 11.3 Å². The molecule has 0 radical (unpaired) electrons. The molecule has 0 unspecified atom stereocenters. The second-order valence-corrected chi connectivity index (χ2v) is 6.97. The topological polar surface area (TPSA) is 81.7 Å². The first-order chi connectivity index (χ1) is 12.0. The van der Waals surface area contributed by atoms with Gasteiger partial charge in [-0.25, -0.2) is 17.9 Å². The van der Waals surface area contributed by atoms with Gasteiger partial charge in [0.2, 0.25) is 10.0 Å². The van der Waals surface area contributed by atoms with Crippen molar-refractivity contribution in [3.8, 4) is 5.75 Å². The van der Waals surface area contributed by atoms with Gasteiger partial charge in [-0.1, -0.05) is 18.2 Å². The number of para-hydroxylation sites is 1. The van der Waals surface area contributed by atoms with E-state index < -0.39 is 16.0 Å². The molecule has 7 heteroatoms. The van der Waals surface area contributed by atoms with E-state index in [-0.39, 0.29) is 18.0 Å². The van der Waals surface area contributed by atoms with Crippen LogP contribution in [0.5, 0.6) is 5.75 Å². The third kappa shape index (κ3) is 5.04. The van der Waals surface area contributed by atoms with Crippen LogP contribution in [-0.4, -0.2) is 34.6 Å². The number of carbonyl (C=O) groups is 1. The first-order valence-corrected chi connectivity index (χ1v) is 9.35. The highest BCUT2D eigenvalue weighted by atomic mass is 32.2. The maximum absolute atomic E-state index is 12.3. The van der Waals surface area contributed by atoms with Gasteiger partial charge in [0, 0.05) is 6.54 Å². The average Bonchev–Trinajstić information content (AvgIpc) is 2.62. The van der Waals surface area contributed by atoms with Crippen LogP contribution in [0.2, 0.25) is 0 Å². The lowest BCUT2D eigenvalue weighted by molar-refractivity contribution is 0.0526. The molecule has 0 heterocycles. The zero-order chi connectivity index (χ0) is 18.3. The van der Waals surface area contributed by atoms with E-state index >= 15 is 0 Å². The Labute approximate surface area is 147 Å². The van der Waals surface area contributed by atoms with Crippen LogP contribution in [0.15, 0.2) is 53.4 Å². The summed E-state index contributed by atoms with van der Waals surface area (Å²) in [6.07, 6.45) is 0.504. The fourth-order valence-corrected chi connectivity index (χ4v) is 3.33. The van der Waals surface area contributed by atoms with E-state index in [1.54, 1.807) is 14.0 Å². The molecule has 0 aliphatic heterocycles. The Kier molecular flexibility index (Phi) is 6.55. The van der Waals surface area contributed by atoms with Gasteiger partial charge in [0.25, 0.3) is 0 Å². The maximum Gasteiger partial charge on any atom is 0.338 e. The van der Waals surface area contributed by atoms with E-state index in [4.69, 9.17) is 9.47 Å². The molecule has 2 aromatic rings. The molecule has 0 atom stereocenters. The quantitative estimate of drug-likeness (QED) is 0.728. The van der Waals surface area contributed by atoms with E-state index in [0.29, 0.717) is 12.0 Å². The van der Waals surface area contributed by atoms with Crippen LogP contribution in [0, 0.1) is 0 Å². The summed E-state index contributed by atoms with van der Waals surface area (Å²) in [6, 6.07) is 13.1. The molecule has 0 aromatic heterocycles. The van der Waals surface area contributed by atoms with Crippen LogP contribution in [0.25, 0.3) is 0 Å². The van der Waals surface area contributed by atoms with Crippen molar-refractivity contribution in [3.63, 3.8) is 0 Å². The zero-order valence-electron chi connectivity index (χ0n) is 14.2. The summed E-state index contributed by atoms with van der Waals surface area (Å²) in [4.78, 5) is 11.7. The molecule has 0 saturated carbocycles. The largest absolute Gasteiger partial charge is 0.496 e. The van der Waals surface area contributed by atoms with Crippen molar-refractivity contribution < 1.29 is 22.7 Å². The van der Waals surface area contributed by atoms with Gasteiger partial charge in [-0.05, 0) is 49.2 Å². The Morgan fingerprint density at radius 3 is 2.40 bits per heavy atom. The van der Waals surface area contributed by atoms with Gasteiger partial charge in [0.15, 0.2) is 0 Å². The highest BCUT2D eigenvalue weighted by Crippen LogP contribution is 2.18. The van der Waals surface area contributed by atoms with Crippen molar-refractivity contribution in [2.45, 2.75) is 18.2 Å². The fourth-order valence-electron chi connectivity index (χ4n) is 2.30. The van der Waals surface area contributed by atoms with Gasteiger partial charge >= 0.3 is 5.97 Å². The minimum absolute atomic E-state index is 0.0978. The molecule has 134 valence electrons. The monoisotopic (exact) mass is 363 g/mol. The number of rotatable bonds is 8. The van der Waals surface area contributed by atoms with Crippen LogP contribution in [0.4, 0.5) is 0 Å². The summed E-state index contributed by atoms with van der Waals surface area (Å²) >= 11 is 0. The molecule has 0 aliphatic carbocycles. The predicted molar refractivity (Wildman–Crippen MR) is 94.3 cm³/mol. The maximum atomic E-state index is 12.3. The molecular formula is C18H21NO5S. The number of nitrogens with one attached hydrogen (secondary N) is 1. The number of esters is 1. The number of benzene rings is 2. The Balaban J connectivity index is 2.00. The molecule has 1 N–H and O–H groups in total. The number of hydrogen-bond acceptors (Lipinski definition) is 5. The number of carbonyl (C=O) groups excluding carboxylic acids is 1. The first kappa shape index (κ1) is 19.0. The van der Waals surface area contributed by atoms with Gasteiger partial charge in [-0.2, -0.15) is 0 Å². The summed E-state index contributed by atoms with van der Waals surface area (Å²) in [5.41, 5.74) is 1.24. The number of methoxy groups -OCH3 is 1. The van der Waals surface area contributed by atoms with Crippen LogP contribution >= 0.6 is 0 Å². The number of hydrogen-bond donors (Lipinski definition) is 1. The van der Waals surface area contributed by atoms with Crippen molar-refractivity contribution in [2.24, 2.45) is 0 Å². The third-order valence-electron chi connectivity index (χ3n) is 3.55. The SMILES string of the molecule is CCOC(=O)c1ccc(S(=O)(=O)NCCc2ccccc2OC)cc1. The highest BCUT2D eigenvalue weighted by Gasteiger charge is 2.15. The predicted octanol–water partition coefficient (Wildman–Crippen LogP) is 2.39. The molecule has 6 nitrogen and oxygen atoms in total. The van der Waals surface area contributed by atoms with E-state index in [2.05, 4.69) is 4.72 Å². The summed E-state index contributed by atoms with van der Waals surface area (Å²) in [7, 11) is -2.07. The van der Waals surface area contributed by atoms with Crippen molar-refractivity contribution in [1.29, 1.82) is 0 Å². The molecule has 0 fully saturated rings. The lowest BCUT2D eigenvalue weighted by atomic mass is 10.1. The number of ether oxygens (including phenoxy) is 2. The van der Waals surface area contributed by atoms with E-state index in [1.807, 2.05) is 24.3 Å². The molecule has 0 amide bonds. The van der Waals surface area contributed by atoms with Gasteiger partial charge in [-0.15, -0.1) is 0 Å². The second-order valence-electron chi connectivity index (χ2n) is 5.20. The van der Waals surface area contributed by atoms with Crippen LogP contribution < -0.4 is 9.46 Å². The van der Waals surface area contributed by atoms with Crippen LogP contribution in [0.3, 0.4) is 0 Å². The molecule has 0 saturated heterocycles. The first-order valence-electron chi connectivity index (χ1n) is 7.86. The lowest BCUT2D eigenvalue weighted by Gasteiger charge is -2.10. The van der Waals surface area contributed by atoms with Crippen molar-refractivity contribution in [1.82, 2.24) is 4.72 Å². The Morgan fingerprint density at radius 2 is 1.76 bits per heavy atom. The minimum Gasteiger partial charge on any atom is -0.496 e. The highest BCUT2D eigenvalue weighted by molar-refractivity contribution is 7.89. The summed E-state index contributed by atoms with van der Waals surface area (Å²) in [6.45, 7) is 2.22. The molecule has 2 aromatic carbocycles. The molecule has 0 aliphatic rings. The van der Waals surface area contributed by atoms with Gasteiger partial charge < -0.3 is 9.47 Å². The Morgan fingerprint density at radius 1 is 1.08 bits per heavy atom. The molecular weight excluding hydrogens is 342 g/mol. The Hall–Kier alpha value is -2.38. The zero-order valence-corrected chi connectivity index (χ0v) is 15.0. The summed E-state index contributed by atoms with van der Waals surface area (Å²) in [5, 5.41) is 0. The molecule has 2 rings (SSSR count). The number of sulfonamides is 1. The van der Waals surface area contributed by atoms with Gasteiger partial charge in [-0.3, -0.25) is 0 Å². The van der Waals surface area contributed by atoms with E-state index in [9.17, 15) is 13.2 Å². The lowest BCUT2D eigenvalue weighted by Crippen LogP contribution is -2.26. The summed E-state index contributed by atoms with van der Waals surface area (Å²) < 4.78 is 37.3. The normalized spacial score (nSPS) is 11.1. The van der Waals surface area contributed by atoms with Crippen molar-refractivity contribution in [2.75, 3.05) is 20.3 Å². The van der Waals surface area contributed by atoms with Crippen LogP contribution in [-0.2, 0) is 21.2 Å². The van der Waals surface area contributed by atoms with Gasteiger partial charge in [0.1, 0.15) is 5.75 Å². The second kappa shape index (κ2) is 8.64. The average molecular weight is 363 g/mol. The molecule has 25 heavy (non-hydrogen) atoms. The summed E-state index contributed by atoms with van der Waals surface area (Å²) in [5.74, 6) is 0.246. The molecule has 0 spiro atoms. The van der Waals surface area contributed by atoms with Crippen molar-refractivity contribution >= 4 is 16.0 Å². The van der Waals surface area contributed by atoms with Crippen molar-refractivity contribution in [3.05, 3.63) is 59.7 Å². The standard InChI is InChI=1S/C18H21NO5S/c1-3-24-18(20)15-8-10-16(11-9-15)25(21,22)19-13-12-14-6-4-5-7-17(14)23-2/h4-11,19H,3,12-13H2,1-2H3. The fraction of sp³-hybridized carbons (Fsp3) is 0.278. The minimum atomic E-state index is -3.65. The smallest absolute Gasteiger partial charge is 0.338 e.